The molecule has 3 rings (SSSR count). The van der Waals surface area contributed by atoms with Crippen LogP contribution in [0.1, 0.15) is 38.0 Å². The Kier molecular flexibility index (Phi) is 4.76. The molecule has 7 heteroatoms. The van der Waals surface area contributed by atoms with Gasteiger partial charge in [0.05, 0.1) is 23.4 Å². The first-order chi connectivity index (χ1) is 12.0. The van der Waals surface area contributed by atoms with E-state index in [1.54, 1.807) is 49.4 Å². The number of hydrazone groups is 1. The van der Waals surface area contributed by atoms with Gasteiger partial charge in [0.1, 0.15) is 0 Å². The summed E-state index contributed by atoms with van der Waals surface area (Å²) >= 11 is 3.30. The molecule has 0 saturated carbocycles. The molecular weight excluding hydrogens is 386 g/mol. The Hall–Kier alpha value is -2.80. The van der Waals surface area contributed by atoms with Crippen molar-refractivity contribution in [3.63, 3.8) is 0 Å². The van der Waals surface area contributed by atoms with E-state index in [1.165, 1.54) is 0 Å². The zero-order valence-electron chi connectivity index (χ0n) is 13.3. The lowest BCUT2D eigenvalue weighted by Crippen LogP contribution is -2.35. The Morgan fingerprint density at radius 3 is 2.32 bits per heavy atom. The minimum absolute atomic E-state index is 0.0190. The zero-order chi connectivity index (χ0) is 18.0. The van der Waals surface area contributed by atoms with Crippen LogP contribution in [-0.4, -0.2) is 34.9 Å². The largest absolute Gasteiger partial charge is 0.271 e. The van der Waals surface area contributed by atoms with Crippen molar-refractivity contribution in [1.29, 1.82) is 0 Å². The summed E-state index contributed by atoms with van der Waals surface area (Å²) in [7, 11) is 0. The Bertz CT molecular complexity index is 873. The number of nitrogens with zero attached hydrogens (tertiary/aromatic N) is 2. The molecule has 0 radical (unpaired) electrons. The number of carbonyl (C=O) groups is 3. The monoisotopic (exact) mass is 399 g/mol. The summed E-state index contributed by atoms with van der Waals surface area (Å²) in [6, 6.07) is 13.6. The fourth-order valence-electron chi connectivity index (χ4n) is 2.49. The van der Waals surface area contributed by atoms with Crippen LogP contribution in [0.5, 0.6) is 0 Å². The Balaban J connectivity index is 1.68. The maximum absolute atomic E-state index is 12.3. The van der Waals surface area contributed by atoms with E-state index in [-0.39, 0.29) is 24.3 Å². The predicted molar refractivity (Wildman–Crippen MR) is 96.5 cm³/mol. The lowest BCUT2D eigenvalue weighted by molar-refractivity contribution is 0.0677. The maximum Gasteiger partial charge on any atom is 0.271 e. The summed E-state index contributed by atoms with van der Waals surface area (Å²) < 4.78 is 0.784. The van der Waals surface area contributed by atoms with Crippen LogP contribution < -0.4 is 5.43 Å². The van der Waals surface area contributed by atoms with Crippen LogP contribution in [0.25, 0.3) is 0 Å². The summed E-state index contributed by atoms with van der Waals surface area (Å²) in [5, 5.41) is 3.98. The number of benzene rings is 2. The molecule has 1 aliphatic rings. The first kappa shape index (κ1) is 17.0. The molecule has 2 aromatic carbocycles. The molecule has 25 heavy (non-hydrogen) atoms. The third-order valence-corrected chi connectivity index (χ3v) is 4.19. The normalized spacial score (nSPS) is 13.8. The molecule has 0 atom stereocenters. The van der Waals surface area contributed by atoms with Gasteiger partial charge in [-0.05, 0) is 37.3 Å². The first-order valence-corrected chi connectivity index (χ1v) is 8.31. The van der Waals surface area contributed by atoms with E-state index in [0.717, 1.165) is 9.37 Å². The van der Waals surface area contributed by atoms with Gasteiger partial charge in [-0.1, -0.05) is 34.1 Å². The second kappa shape index (κ2) is 6.98. The summed E-state index contributed by atoms with van der Waals surface area (Å²) in [6.07, 6.45) is 0. The molecule has 0 spiro atoms. The Labute approximate surface area is 152 Å². The molecule has 0 unspecified atom stereocenters. The zero-order valence-corrected chi connectivity index (χ0v) is 14.9. The quantitative estimate of drug-likeness (QED) is 0.487. The third kappa shape index (κ3) is 3.51. The summed E-state index contributed by atoms with van der Waals surface area (Å²) in [5.74, 6) is -1.08. The van der Waals surface area contributed by atoms with Crippen molar-refractivity contribution in [1.82, 2.24) is 10.3 Å². The topological polar surface area (TPSA) is 78.8 Å². The number of rotatable bonds is 4. The number of hydrogen-bond acceptors (Lipinski definition) is 4. The van der Waals surface area contributed by atoms with Gasteiger partial charge in [0.25, 0.3) is 17.7 Å². The van der Waals surface area contributed by atoms with E-state index in [9.17, 15) is 14.4 Å². The van der Waals surface area contributed by atoms with Crippen molar-refractivity contribution in [3.8, 4) is 0 Å². The molecule has 6 nitrogen and oxygen atoms in total. The third-order valence-electron chi connectivity index (χ3n) is 3.70. The number of halogens is 1. The van der Waals surface area contributed by atoms with Crippen LogP contribution in [-0.2, 0) is 0 Å². The number of nitrogens with one attached hydrogen (secondary N) is 1. The molecule has 126 valence electrons. The molecule has 0 aromatic heterocycles. The highest BCUT2D eigenvalue weighted by atomic mass is 79.9. The van der Waals surface area contributed by atoms with Gasteiger partial charge in [-0.25, -0.2) is 5.43 Å². The van der Waals surface area contributed by atoms with Crippen molar-refractivity contribution in [3.05, 3.63) is 69.7 Å². The highest BCUT2D eigenvalue weighted by Crippen LogP contribution is 2.22. The smallest absolute Gasteiger partial charge is 0.269 e. The standard InChI is InChI=1S/C18H14BrN3O3/c1-11(20-21-16(23)12-5-4-6-13(19)9-12)10-22-17(24)14-7-2-3-8-15(14)18(22)25/h2-9H,10H2,1H3,(H,21,23)/b20-11-. The molecule has 3 amide bonds. The number of imide groups is 1. The van der Waals surface area contributed by atoms with E-state index in [1.807, 2.05) is 6.07 Å². The first-order valence-electron chi connectivity index (χ1n) is 7.51. The van der Waals surface area contributed by atoms with E-state index in [0.29, 0.717) is 22.4 Å². The lowest BCUT2D eigenvalue weighted by Gasteiger charge is -2.13. The van der Waals surface area contributed by atoms with Gasteiger partial charge in [-0.2, -0.15) is 5.10 Å². The molecular formula is C18H14BrN3O3. The van der Waals surface area contributed by atoms with Crippen LogP contribution in [0.4, 0.5) is 0 Å². The van der Waals surface area contributed by atoms with Gasteiger partial charge in [0.2, 0.25) is 0 Å². The summed E-state index contributed by atoms with van der Waals surface area (Å²) in [5.41, 5.74) is 4.10. The molecule has 0 saturated heterocycles. The van der Waals surface area contributed by atoms with E-state index >= 15 is 0 Å². The van der Waals surface area contributed by atoms with E-state index < -0.39 is 0 Å². The molecule has 0 aliphatic carbocycles. The maximum atomic E-state index is 12.3. The molecule has 1 N–H and O–H groups in total. The number of hydrogen-bond donors (Lipinski definition) is 1. The van der Waals surface area contributed by atoms with Crippen LogP contribution in [0.2, 0.25) is 0 Å². The van der Waals surface area contributed by atoms with Gasteiger partial charge < -0.3 is 0 Å². The second-order valence-corrected chi connectivity index (χ2v) is 6.46. The van der Waals surface area contributed by atoms with Crippen LogP contribution in [0, 0.1) is 0 Å². The Morgan fingerprint density at radius 2 is 1.72 bits per heavy atom. The minimum Gasteiger partial charge on any atom is -0.269 e. The minimum atomic E-state index is -0.372. The average Bonchev–Trinajstić information content (AvgIpc) is 2.85. The molecule has 1 aliphatic heterocycles. The van der Waals surface area contributed by atoms with Crippen LogP contribution in [0.3, 0.4) is 0 Å². The van der Waals surface area contributed by atoms with E-state index in [2.05, 4.69) is 26.5 Å². The van der Waals surface area contributed by atoms with Crippen molar-refractivity contribution in [2.45, 2.75) is 6.92 Å². The van der Waals surface area contributed by atoms with Crippen molar-refractivity contribution < 1.29 is 14.4 Å². The second-order valence-electron chi connectivity index (χ2n) is 5.54. The number of amides is 3. The SMILES string of the molecule is C/C(CN1C(=O)c2ccccc2C1=O)=N/NC(=O)c1cccc(Br)c1. The summed E-state index contributed by atoms with van der Waals surface area (Å²) in [6.45, 7) is 1.66. The van der Waals surface area contributed by atoms with Crippen LogP contribution >= 0.6 is 15.9 Å². The fourth-order valence-corrected chi connectivity index (χ4v) is 2.89. The molecule has 1 heterocycles. The van der Waals surface area contributed by atoms with Crippen molar-refractivity contribution in [2.24, 2.45) is 5.10 Å². The van der Waals surface area contributed by atoms with Gasteiger partial charge in [0.15, 0.2) is 0 Å². The van der Waals surface area contributed by atoms with Gasteiger partial charge in [-0.15, -0.1) is 0 Å². The van der Waals surface area contributed by atoms with Crippen LogP contribution in [0.15, 0.2) is 58.1 Å². The molecule has 0 bridgehead atoms. The molecule has 0 fully saturated rings. The highest BCUT2D eigenvalue weighted by molar-refractivity contribution is 9.10. The fraction of sp³-hybridized carbons (Fsp3) is 0.111. The highest BCUT2D eigenvalue weighted by Gasteiger charge is 2.35. The van der Waals surface area contributed by atoms with Gasteiger partial charge in [-0.3, -0.25) is 19.3 Å². The van der Waals surface area contributed by atoms with Gasteiger partial charge in [0, 0.05) is 10.0 Å². The average molecular weight is 400 g/mol. The number of fused-ring (bicyclic) bond motifs is 1. The van der Waals surface area contributed by atoms with E-state index in [4.69, 9.17) is 0 Å². The lowest BCUT2D eigenvalue weighted by atomic mass is 10.1. The van der Waals surface area contributed by atoms with Gasteiger partial charge >= 0.3 is 0 Å². The Morgan fingerprint density at radius 1 is 1.08 bits per heavy atom. The number of carbonyl (C=O) groups excluding carboxylic acids is 3. The molecule has 2 aromatic rings. The van der Waals surface area contributed by atoms with Crippen molar-refractivity contribution in [2.75, 3.05) is 6.54 Å². The van der Waals surface area contributed by atoms with Crippen molar-refractivity contribution >= 4 is 39.4 Å². The predicted octanol–water partition coefficient (Wildman–Crippen LogP) is 2.85. The summed E-state index contributed by atoms with van der Waals surface area (Å²) in [4.78, 5) is 37.8.